The van der Waals surface area contributed by atoms with Crippen molar-refractivity contribution < 1.29 is 9.59 Å². The highest BCUT2D eigenvalue weighted by atomic mass is 16.2. The molecule has 2 amide bonds. The summed E-state index contributed by atoms with van der Waals surface area (Å²) in [6.45, 7) is 2.59. The molecule has 0 bridgehead atoms. The van der Waals surface area contributed by atoms with Crippen LogP contribution in [0.3, 0.4) is 0 Å². The van der Waals surface area contributed by atoms with Crippen molar-refractivity contribution in [2.24, 2.45) is 0 Å². The van der Waals surface area contributed by atoms with Crippen molar-refractivity contribution in [3.8, 4) is 0 Å². The van der Waals surface area contributed by atoms with E-state index < -0.39 is 0 Å². The molecule has 5 heteroatoms. The monoisotopic (exact) mass is 417 g/mol. The first-order chi connectivity index (χ1) is 15.0. The number of hydrogen-bond donors (Lipinski definition) is 2. The van der Waals surface area contributed by atoms with E-state index >= 15 is 0 Å². The van der Waals surface area contributed by atoms with E-state index in [0.717, 1.165) is 28.3 Å². The summed E-state index contributed by atoms with van der Waals surface area (Å²) in [5.74, 6) is -0.353. The Morgan fingerprint density at radius 2 is 1.58 bits per heavy atom. The van der Waals surface area contributed by atoms with Gasteiger partial charge in [0.15, 0.2) is 0 Å². The number of carbonyl (C=O) groups is 2. The average Bonchev–Trinajstić information content (AvgIpc) is 2.78. The molecule has 0 spiro atoms. The van der Waals surface area contributed by atoms with Crippen molar-refractivity contribution in [2.75, 3.05) is 27.2 Å². The van der Waals surface area contributed by atoms with Crippen molar-refractivity contribution in [3.63, 3.8) is 0 Å². The second kappa shape index (κ2) is 10.7. The van der Waals surface area contributed by atoms with Crippen LogP contribution in [0, 0.1) is 0 Å². The van der Waals surface area contributed by atoms with E-state index in [4.69, 9.17) is 0 Å². The number of benzene rings is 3. The molecule has 3 rings (SSSR count). The van der Waals surface area contributed by atoms with E-state index in [9.17, 15) is 9.59 Å². The maximum atomic E-state index is 12.4. The van der Waals surface area contributed by atoms with E-state index in [2.05, 4.69) is 46.7 Å². The number of carbonyl (C=O) groups excluding carboxylic acids is 2. The maximum absolute atomic E-state index is 12.4. The van der Waals surface area contributed by atoms with Gasteiger partial charge in [0, 0.05) is 6.54 Å². The van der Waals surface area contributed by atoms with Crippen LogP contribution in [0.25, 0.3) is 10.8 Å². The first kappa shape index (κ1) is 22.5. The lowest BCUT2D eigenvalue weighted by molar-refractivity contribution is -0.125. The van der Waals surface area contributed by atoms with Crippen LogP contribution in [0.4, 0.5) is 0 Å². The summed E-state index contributed by atoms with van der Waals surface area (Å²) >= 11 is 0. The molecule has 3 aromatic rings. The minimum Gasteiger partial charge on any atom is -0.353 e. The smallest absolute Gasteiger partial charge is 0.239 e. The lowest BCUT2D eigenvalue weighted by atomic mass is 10.0. The number of rotatable bonds is 9. The molecule has 0 radical (unpaired) electrons. The zero-order valence-electron chi connectivity index (χ0n) is 18.5. The third-order valence-electron chi connectivity index (χ3n) is 5.57. The molecule has 1 atom stereocenters. The van der Waals surface area contributed by atoms with Crippen molar-refractivity contribution >= 4 is 22.6 Å². The van der Waals surface area contributed by atoms with Crippen LogP contribution in [0.5, 0.6) is 0 Å². The number of likely N-dealkylation sites (N-methyl/N-ethyl adjacent to an activating group) is 1. The van der Waals surface area contributed by atoms with Gasteiger partial charge in [0.1, 0.15) is 0 Å². The van der Waals surface area contributed by atoms with Crippen molar-refractivity contribution in [3.05, 3.63) is 83.4 Å². The lowest BCUT2D eigenvalue weighted by Gasteiger charge is -2.25. The van der Waals surface area contributed by atoms with Gasteiger partial charge >= 0.3 is 0 Å². The van der Waals surface area contributed by atoms with E-state index in [1.807, 2.05) is 56.6 Å². The SMILES string of the molecule is CCc1ccc(C(CNC(=O)CNC(=O)Cc2cccc3ccccc23)N(C)C)cc1. The molecule has 2 N–H and O–H groups in total. The van der Waals surface area contributed by atoms with Crippen LogP contribution in [0.1, 0.15) is 29.7 Å². The fourth-order valence-corrected chi connectivity index (χ4v) is 3.71. The molecule has 0 heterocycles. The van der Waals surface area contributed by atoms with Crippen molar-refractivity contribution in [1.82, 2.24) is 15.5 Å². The number of nitrogens with zero attached hydrogens (tertiary/aromatic N) is 1. The molecule has 31 heavy (non-hydrogen) atoms. The second-order valence-corrected chi connectivity index (χ2v) is 7.97. The Labute approximate surface area is 184 Å². The fourth-order valence-electron chi connectivity index (χ4n) is 3.71. The fraction of sp³-hybridized carbons (Fsp3) is 0.308. The molecule has 162 valence electrons. The molecule has 0 aromatic heterocycles. The van der Waals surface area contributed by atoms with Crippen LogP contribution in [-0.2, 0) is 22.4 Å². The zero-order chi connectivity index (χ0) is 22.2. The Balaban J connectivity index is 1.51. The Kier molecular flexibility index (Phi) is 7.79. The highest BCUT2D eigenvalue weighted by Crippen LogP contribution is 2.19. The molecular formula is C26H31N3O2. The highest BCUT2D eigenvalue weighted by Gasteiger charge is 2.16. The van der Waals surface area contributed by atoms with Gasteiger partial charge in [-0.2, -0.15) is 0 Å². The molecule has 1 unspecified atom stereocenters. The third-order valence-corrected chi connectivity index (χ3v) is 5.57. The molecule has 0 aliphatic rings. The van der Waals surface area contributed by atoms with E-state index in [1.54, 1.807) is 0 Å². The summed E-state index contributed by atoms with van der Waals surface area (Å²) in [7, 11) is 3.99. The molecule has 0 aliphatic carbocycles. The summed E-state index contributed by atoms with van der Waals surface area (Å²) in [6.07, 6.45) is 1.25. The lowest BCUT2D eigenvalue weighted by Crippen LogP contribution is -2.41. The average molecular weight is 418 g/mol. The van der Waals surface area contributed by atoms with E-state index in [1.165, 1.54) is 5.56 Å². The van der Waals surface area contributed by atoms with Gasteiger partial charge in [-0.1, -0.05) is 73.7 Å². The Bertz CT molecular complexity index is 1020. The largest absolute Gasteiger partial charge is 0.353 e. The van der Waals surface area contributed by atoms with Gasteiger partial charge in [-0.05, 0) is 48.0 Å². The van der Waals surface area contributed by atoms with E-state index in [0.29, 0.717) is 6.54 Å². The van der Waals surface area contributed by atoms with Gasteiger partial charge in [0.25, 0.3) is 0 Å². The molecule has 0 saturated heterocycles. The number of fused-ring (bicyclic) bond motifs is 1. The third kappa shape index (κ3) is 6.15. The Morgan fingerprint density at radius 3 is 2.29 bits per heavy atom. The standard InChI is InChI=1S/C26H31N3O2/c1-4-19-12-14-21(15-13-19)24(29(2)3)17-27-26(31)18-28-25(30)16-22-10-7-9-20-8-5-6-11-23(20)22/h5-15,24H,4,16-18H2,1-3H3,(H,27,31)(H,28,30). The maximum Gasteiger partial charge on any atom is 0.239 e. The van der Waals surface area contributed by atoms with Crippen LogP contribution in [-0.4, -0.2) is 43.9 Å². The predicted molar refractivity (Wildman–Crippen MR) is 126 cm³/mol. The molecular weight excluding hydrogens is 386 g/mol. The minimum absolute atomic E-state index is 0.0292. The summed E-state index contributed by atoms with van der Waals surface area (Å²) < 4.78 is 0. The Morgan fingerprint density at radius 1 is 0.871 bits per heavy atom. The molecule has 3 aromatic carbocycles. The number of amides is 2. The second-order valence-electron chi connectivity index (χ2n) is 7.97. The summed E-state index contributed by atoms with van der Waals surface area (Å²) in [5.41, 5.74) is 3.40. The predicted octanol–water partition coefficient (Wildman–Crippen LogP) is 3.48. The normalized spacial score (nSPS) is 12.0. The quantitative estimate of drug-likeness (QED) is 0.560. The molecule has 0 fully saturated rings. The van der Waals surface area contributed by atoms with Gasteiger partial charge in [-0.25, -0.2) is 0 Å². The number of nitrogens with one attached hydrogen (secondary N) is 2. The van der Waals surface area contributed by atoms with Gasteiger partial charge in [0.2, 0.25) is 11.8 Å². The molecule has 0 aliphatic heterocycles. The van der Waals surface area contributed by atoms with Gasteiger partial charge < -0.3 is 15.5 Å². The zero-order valence-corrected chi connectivity index (χ0v) is 18.5. The highest BCUT2D eigenvalue weighted by molar-refractivity contribution is 5.91. The van der Waals surface area contributed by atoms with Crippen LogP contribution in [0.15, 0.2) is 66.7 Å². The topological polar surface area (TPSA) is 61.4 Å². The van der Waals surface area contributed by atoms with Crippen LogP contribution < -0.4 is 10.6 Å². The Hall–Kier alpha value is -3.18. The first-order valence-corrected chi connectivity index (χ1v) is 10.7. The minimum atomic E-state index is -0.191. The summed E-state index contributed by atoms with van der Waals surface area (Å²) in [6, 6.07) is 22.5. The first-order valence-electron chi connectivity index (χ1n) is 10.7. The summed E-state index contributed by atoms with van der Waals surface area (Å²) in [4.78, 5) is 26.8. The van der Waals surface area contributed by atoms with Crippen molar-refractivity contribution in [2.45, 2.75) is 25.8 Å². The van der Waals surface area contributed by atoms with E-state index in [-0.39, 0.29) is 30.8 Å². The van der Waals surface area contributed by atoms with Gasteiger partial charge in [0.05, 0.1) is 19.0 Å². The molecule has 0 saturated carbocycles. The van der Waals surface area contributed by atoms with Gasteiger partial charge in [-0.15, -0.1) is 0 Å². The van der Waals surface area contributed by atoms with Crippen LogP contribution in [0.2, 0.25) is 0 Å². The number of aryl methyl sites for hydroxylation is 1. The van der Waals surface area contributed by atoms with Gasteiger partial charge in [-0.3, -0.25) is 9.59 Å². The van der Waals surface area contributed by atoms with Crippen molar-refractivity contribution in [1.29, 1.82) is 0 Å². The summed E-state index contributed by atoms with van der Waals surface area (Å²) in [5, 5.41) is 7.85. The number of hydrogen-bond acceptors (Lipinski definition) is 3. The van der Waals surface area contributed by atoms with Crippen LogP contribution >= 0.6 is 0 Å². The molecule has 5 nitrogen and oxygen atoms in total.